The van der Waals surface area contributed by atoms with E-state index in [9.17, 15) is 9.90 Å². The number of aromatic hydroxyl groups is 1. The Balaban J connectivity index is 2.23. The van der Waals surface area contributed by atoms with Crippen LogP contribution in [-0.4, -0.2) is 29.8 Å². The molecule has 0 aliphatic rings. The van der Waals surface area contributed by atoms with E-state index >= 15 is 0 Å². The second-order valence-electron chi connectivity index (χ2n) is 5.94. The van der Waals surface area contributed by atoms with Crippen molar-refractivity contribution < 1.29 is 19.2 Å². The van der Waals surface area contributed by atoms with Crippen molar-refractivity contribution in [2.45, 2.75) is 13.8 Å². The molecule has 0 unspecified atom stereocenters. The maximum Gasteiger partial charge on any atom is 0.274 e. The lowest BCUT2D eigenvalue weighted by atomic mass is 9.98. The number of rotatable bonds is 5. The summed E-state index contributed by atoms with van der Waals surface area (Å²) < 4.78 is 10.7. The quantitative estimate of drug-likeness (QED) is 0.677. The van der Waals surface area contributed by atoms with Crippen LogP contribution in [-0.2, 0) is 0 Å². The molecule has 1 aromatic heterocycles. The van der Waals surface area contributed by atoms with Crippen molar-refractivity contribution >= 4 is 17.5 Å². The molecule has 3 rings (SSSR count). The van der Waals surface area contributed by atoms with Crippen molar-refractivity contribution in [2.75, 3.05) is 13.7 Å². The fourth-order valence-electron chi connectivity index (χ4n) is 2.75. The first kappa shape index (κ1) is 18.8. The van der Waals surface area contributed by atoms with Gasteiger partial charge in [0.2, 0.25) is 0 Å². The van der Waals surface area contributed by atoms with E-state index in [0.717, 1.165) is 5.56 Å². The Morgan fingerprint density at radius 2 is 2.00 bits per heavy atom. The number of carbonyl (C=O) groups is 1. The topological polar surface area (TPSA) is 84.6 Å². The van der Waals surface area contributed by atoms with E-state index in [-0.39, 0.29) is 23.1 Å². The highest BCUT2D eigenvalue weighted by atomic mass is 35.5. The molecule has 1 amide bonds. The molecule has 0 bridgehead atoms. The van der Waals surface area contributed by atoms with Crippen LogP contribution >= 0.6 is 11.6 Å². The van der Waals surface area contributed by atoms with Gasteiger partial charge in [0, 0.05) is 11.6 Å². The number of carbonyl (C=O) groups excluding carboxylic acids is 1. The number of phenolic OH excluding ortho intramolecular Hbond substituents is 1. The number of nitrogens with zero attached hydrogens (tertiary/aromatic N) is 1. The molecule has 0 atom stereocenters. The molecule has 6 nitrogen and oxygen atoms in total. The fraction of sp³-hybridized carbons (Fsp3) is 0.200. The largest absolute Gasteiger partial charge is 0.507 e. The van der Waals surface area contributed by atoms with Crippen LogP contribution in [0, 0.1) is 6.92 Å². The lowest BCUT2D eigenvalue weighted by molar-refractivity contribution is 0.0947. The summed E-state index contributed by atoms with van der Waals surface area (Å²) in [7, 11) is 1.58. The van der Waals surface area contributed by atoms with Gasteiger partial charge in [0.15, 0.2) is 11.5 Å². The first-order valence-electron chi connectivity index (χ1n) is 8.38. The third-order valence-corrected chi connectivity index (χ3v) is 4.55. The molecule has 0 saturated carbocycles. The smallest absolute Gasteiger partial charge is 0.274 e. The van der Waals surface area contributed by atoms with E-state index in [1.165, 1.54) is 0 Å². The maximum absolute atomic E-state index is 12.5. The maximum atomic E-state index is 12.5. The molecule has 3 aromatic rings. The number of hydrogen-bond donors (Lipinski definition) is 2. The number of benzene rings is 2. The summed E-state index contributed by atoms with van der Waals surface area (Å²) >= 11 is 6.22. The van der Waals surface area contributed by atoms with E-state index in [1.54, 1.807) is 50.4 Å². The number of aryl methyl sites for hydroxylation is 1. The molecule has 0 fully saturated rings. The summed E-state index contributed by atoms with van der Waals surface area (Å²) in [5, 5.41) is 17.5. The lowest BCUT2D eigenvalue weighted by Gasteiger charge is -2.09. The van der Waals surface area contributed by atoms with Crippen LogP contribution in [0.15, 0.2) is 40.9 Å². The number of methoxy groups -OCH3 is 1. The number of hydrogen-bond acceptors (Lipinski definition) is 5. The molecule has 0 radical (unpaired) electrons. The minimum atomic E-state index is -0.365. The number of aromatic nitrogens is 1. The normalized spacial score (nSPS) is 10.7. The molecular weight excluding hydrogens is 368 g/mol. The van der Waals surface area contributed by atoms with E-state index in [2.05, 4.69) is 10.5 Å². The van der Waals surface area contributed by atoms with E-state index in [1.807, 2.05) is 6.92 Å². The summed E-state index contributed by atoms with van der Waals surface area (Å²) in [6.07, 6.45) is 0. The number of halogens is 1. The highest BCUT2D eigenvalue weighted by molar-refractivity contribution is 6.31. The van der Waals surface area contributed by atoms with Gasteiger partial charge in [0.05, 0.1) is 18.2 Å². The van der Waals surface area contributed by atoms with Crippen molar-refractivity contribution in [1.29, 1.82) is 0 Å². The van der Waals surface area contributed by atoms with Crippen molar-refractivity contribution in [3.63, 3.8) is 0 Å². The van der Waals surface area contributed by atoms with E-state index in [0.29, 0.717) is 34.0 Å². The van der Waals surface area contributed by atoms with Crippen molar-refractivity contribution in [2.24, 2.45) is 0 Å². The molecule has 0 saturated heterocycles. The van der Waals surface area contributed by atoms with Gasteiger partial charge in [-0.3, -0.25) is 4.79 Å². The van der Waals surface area contributed by atoms with Gasteiger partial charge in [-0.05, 0) is 49.2 Å². The third-order valence-electron chi connectivity index (χ3n) is 4.14. The lowest BCUT2D eigenvalue weighted by Crippen LogP contribution is -2.23. The Hall–Kier alpha value is -2.99. The van der Waals surface area contributed by atoms with Gasteiger partial charge in [-0.2, -0.15) is 0 Å². The van der Waals surface area contributed by atoms with E-state index < -0.39 is 0 Å². The first-order chi connectivity index (χ1) is 13.0. The Morgan fingerprint density at radius 1 is 1.30 bits per heavy atom. The molecule has 27 heavy (non-hydrogen) atoms. The van der Waals surface area contributed by atoms with Gasteiger partial charge in [0.1, 0.15) is 11.5 Å². The van der Waals surface area contributed by atoms with Gasteiger partial charge in [-0.25, -0.2) is 0 Å². The van der Waals surface area contributed by atoms with Crippen LogP contribution in [0.1, 0.15) is 23.0 Å². The molecule has 0 aliphatic carbocycles. The highest BCUT2D eigenvalue weighted by Gasteiger charge is 2.26. The summed E-state index contributed by atoms with van der Waals surface area (Å²) in [6.45, 7) is 4.05. The zero-order chi connectivity index (χ0) is 19.6. The predicted octanol–water partition coefficient (Wildman–Crippen LogP) is 4.43. The van der Waals surface area contributed by atoms with Crippen LogP contribution in [0.25, 0.3) is 22.5 Å². The minimum Gasteiger partial charge on any atom is -0.507 e. The average molecular weight is 387 g/mol. The SMILES string of the molecule is CCNC(=O)c1noc(-c2cc(Cl)c(C)cc2O)c1-c1ccc(OC)cc1. The van der Waals surface area contributed by atoms with Crippen LogP contribution in [0.3, 0.4) is 0 Å². The van der Waals surface area contributed by atoms with Gasteiger partial charge in [0.25, 0.3) is 5.91 Å². The van der Waals surface area contributed by atoms with Crippen LogP contribution in [0.4, 0.5) is 0 Å². The van der Waals surface area contributed by atoms with Crippen molar-refractivity contribution in [3.05, 3.63) is 52.7 Å². The summed E-state index contributed by atoms with van der Waals surface area (Å²) in [5.41, 5.74) is 2.39. The van der Waals surface area contributed by atoms with Gasteiger partial charge in [-0.15, -0.1) is 0 Å². The second kappa shape index (κ2) is 7.72. The van der Waals surface area contributed by atoms with E-state index in [4.69, 9.17) is 20.9 Å². The van der Waals surface area contributed by atoms with Gasteiger partial charge in [-0.1, -0.05) is 28.9 Å². The zero-order valence-electron chi connectivity index (χ0n) is 15.2. The van der Waals surface area contributed by atoms with Crippen molar-refractivity contribution in [3.8, 4) is 33.9 Å². The first-order valence-corrected chi connectivity index (χ1v) is 8.75. The number of nitrogens with one attached hydrogen (secondary N) is 1. The Morgan fingerprint density at radius 3 is 2.63 bits per heavy atom. The molecule has 1 heterocycles. The van der Waals surface area contributed by atoms with Crippen LogP contribution in [0.2, 0.25) is 5.02 Å². The van der Waals surface area contributed by atoms with Gasteiger partial charge >= 0.3 is 0 Å². The van der Waals surface area contributed by atoms with Gasteiger partial charge < -0.3 is 19.7 Å². The summed E-state index contributed by atoms with van der Waals surface area (Å²) in [4.78, 5) is 12.5. The minimum absolute atomic E-state index is 0.00902. The Kier molecular flexibility index (Phi) is 5.37. The predicted molar refractivity (Wildman–Crippen MR) is 103 cm³/mol. The molecule has 0 spiro atoms. The standard InChI is InChI=1S/C20H19ClN2O4/c1-4-22-20(25)18-17(12-5-7-13(26-3)8-6-12)19(27-23-18)14-10-15(21)11(2)9-16(14)24/h5-10,24H,4H2,1-3H3,(H,22,25). The zero-order valence-corrected chi connectivity index (χ0v) is 15.9. The van der Waals surface area contributed by atoms with Crippen LogP contribution in [0.5, 0.6) is 11.5 Å². The average Bonchev–Trinajstić information content (AvgIpc) is 3.10. The second-order valence-corrected chi connectivity index (χ2v) is 6.35. The molecule has 0 aliphatic heterocycles. The molecule has 7 heteroatoms. The Bertz CT molecular complexity index is 980. The molecule has 2 aromatic carbocycles. The summed E-state index contributed by atoms with van der Waals surface area (Å²) in [6, 6.07) is 10.3. The molecule has 140 valence electrons. The van der Waals surface area contributed by atoms with Crippen molar-refractivity contribution in [1.82, 2.24) is 10.5 Å². The Labute approximate surface area is 161 Å². The van der Waals surface area contributed by atoms with Crippen LogP contribution < -0.4 is 10.1 Å². The highest BCUT2D eigenvalue weighted by Crippen LogP contribution is 2.41. The fourth-order valence-corrected chi connectivity index (χ4v) is 2.91. The number of ether oxygens (including phenoxy) is 1. The number of amides is 1. The monoisotopic (exact) mass is 386 g/mol. The summed E-state index contributed by atoms with van der Waals surface area (Å²) in [5.74, 6) is 0.569. The molecular formula is C20H19ClN2O4. The third kappa shape index (κ3) is 3.61. The number of phenols is 1. The molecule has 2 N–H and O–H groups in total.